The van der Waals surface area contributed by atoms with E-state index in [1.54, 1.807) is 55.6 Å². The molecule has 0 aromatic heterocycles. The predicted molar refractivity (Wildman–Crippen MR) is 88.5 cm³/mol. The van der Waals surface area contributed by atoms with Crippen LogP contribution in [-0.2, 0) is 0 Å². The molecule has 2 aromatic carbocycles. The molecule has 2 aromatic rings. The average Bonchev–Trinajstić information content (AvgIpc) is 2.59. The summed E-state index contributed by atoms with van der Waals surface area (Å²) in [7, 11) is 1.61. The molecule has 0 heterocycles. The Bertz CT molecular complexity index is 763. The Labute approximate surface area is 139 Å². The molecule has 116 valence electrons. The van der Waals surface area contributed by atoms with Crippen LogP contribution in [0, 0.1) is 11.3 Å². The van der Waals surface area contributed by atoms with Gasteiger partial charge in [0.25, 0.3) is 5.91 Å². The first-order chi connectivity index (χ1) is 11.0. The van der Waals surface area contributed by atoms with Gasteiger partial charge in [0.2, 0.25) is 0 Å². The minimum absolute atomic E-state index is 0.237. The predicted octanol–water partition coefficient (Wildman–Crippen LogP) is 3.56. The van der Waals surface area contributed by atoms with Crippen LogP contribution >= 0.6 is 11.6 Å². The summed E-state index contributed by atoms with van der Waals surface area (Å²) in [5.41, 5.74) is 1.13. The SMILES string of the molecule is CN(CCC#N)C(=O)c1ccccc1C(=O)c1ccc(Cl)cc1. The van der Waals surface area contributed by atoms with Gasteiger partial charge in [-0.3, -0.25) is 9.59 Å². The van der Waals surface area contributed by atoms with E-state index in [9.17, 15) is 9.59 Å². The largest absolute Gasteiger partial charge is 0.341 e. The van der Waals surface area contributed by atoms with Crippen LogP contribution in [0.5, 0.6) is 0 Å². The highest BCUT2D eigenvalue weighted by molar-refractivity contribution is 6.30. The first-order valence-electron chi connectivity index (χ1n) is 7.06. The second-order valence-electron chi connectivity index (χ2n) is 5.02. The number of rotatable bonds is 5. The first-order valence-corrected chi connectivity index (χ1v) is 7.44. The number of hydrogen-bond donors (Lipinski definition) is 0. The van der Waals surface area contributed by atoms with E-state index in [1.807, 2.05) is 6.07 Å². The molecule has 0 N–H and O–H groups in total. The number of benzene rings is 2. The monoisotopic (exact) mass is 326 g/mol. The number of nitrogens with zero attached hydrogens (tertiary/aromatic N) is 2. The van der Waals surface area contributed by atoms with Crippen molar-refractivity contribution in [2.45, 2.75) is 6.42 Å². The molecule has 23 heavy (non-hydrogen) atoms. The Balaban J connectivity index is 2.34. The van der Waals surface area contributed by atoms with Crippen LogP contribution in [-0.4, -0.2) is 30.2 Å². The van der Waals surface area contributed by atoms with Gasteiger partial charge in [-0.2, -0.15) is 5.26 Å². The van der Waals surface area contributed by atoms with E-state index in [0.717, 1.165) is 0 Å². The highest BCUT2D eigenvalue weighted by Gasteiger charge is 2.20. The number of hydrogen-bond acceptors (Lipinski definition) is 3. The molecule has 5 heteroatoms. The van der Waals surface area contributed by atoms with Crippen LogP contribution in [0.3, 0.4) is 0 Å². The minimum atomic E-state index is -0.279. The molecule has 0 radical (unpaired) electrons. The molecular formula is C18H15ClN2O2. The second kappa shape index (κ2) is 7.57. The summed E-state index contributed by atoms with van der Waals surface area (Å²) < 4.78 is 0. The van der Waals surface area contributed by atoms with Gasteiger partial charge >= 0.3 is 0 Å². The van der Waals surface area contributed by atoms with Gasteiger partial charge in [-0.1, -0.05) is 29.8 Å². The van der Waals surface area contributed by atoms with Crippen LogP contribution in [0.4, 0.5) is 0 Å². The highest BCUT2D eigenvalue weighted by atomic mass is 35.5. The topological polar surface area (TPSA) is 61.2 Å². The van der Waals surface area contributed by atoms with Crippen molar-refractivity contribution in [2.75, 3.05) is 13.6 Å². The second-order valence-corrected chi connectivity index (χ2v) is 5.45. The Hall–Kier alpha value is -2.64. The van der Waals surface area contributed by atoms with Crippen molar-refractivity contribution >= 4 is 23.3 Å². The van der Waals surface area contributed by atoms with E-state index in [2.05, 4.69) is 0 Å². The van der Waals surface area contributed by atoms with E-state index in [0.29, 0.717) is 28.3 Å². The van der Waals surface area contributed by atoms with Gasteiger partial charge in [-0.15, -0.1) is 0 Å². The van der Waals surface area contributed by atoms with Crippen molar-refractivity contribution in [2.24, 2.45) is 0 Å². The van der Waals surface area contributed by atoms with E-state index in [4.69, 9.17) is 16.9 Å². The van der Waals surface area contributed by atoms with E-state index in [-0.39, 0.29) is 18.1 Å². The lowest BCUT2D eigenvalue weighted by Gasteiger charge is -2.17. The highest BCUT2D eigenvalue weighted by Crippen LogP contribution is 2.18. The maximum atomic E-state index is 12.7. The normalized spacial score (nSPS) is 9.96. The Morgan fingerprint density at radius 2 is 1.70 bits per heavy atom. The summed E-state index contributed by atoms with van der Waals surface area (Å²) in [6.07, 6.45) is 0.246. The molecule has 4 nitrogen and oxygen atoms in total. The van der Waals surface area contributed by atoms with Gasteiger partial charge in [0.1, 0.15) is 0 Å². The van der Waals surface area contributed by atoms with Crippen LogP contribution in [0.15, 0.2) is 48.5 Å². The lowest BCUT2D eigenvalue weighted by atomic mass is 9.97. The molecule has 0 spiro atoms. The summed E-state index contributed by atoms with van der Waals surface area (Å²) in [5.74, 6) is -0.516. The fourth-order valence-electron chi connectivity index (χ4n) is 2.15. The molecule has 2 rings (SSSR count). The summed E-state index contributed by atoms with van der Waals surface area (Å²) >= 11 is 5.84. The minimum Gasteiger partial charge on any atom is -0.341 e. The molecule has 0 bridgehead atoms. The van der Waals surface area contributed by atoms with Crippen LogP contribution in [0.2, 0.25) is 5.02 Å². The van der Waals surface area contributed by atoms with Crippen molar-refractivity contribution < 1.29 is 9.59 Å². The Kier molecular flexibility index (Phi) is 5.51. The zero-order valence-electron chi connectivity index (χ0n) is 12.6. The van der Waals surface area contributed by atoms with Crippen molar-refractivity contribution in [3.05, 3.63) is 70.2 Å². The molecule has 0 aliphatic rings. The number of nitriles is 1. The van der Waals surface area contributed by atoms with Crippen molar-refractivity contribution in [3.8, 4) is 6.07 Å². The van der Waals surface area contributed by atoms with Gasteiger partial charge in [0, 0.05) is 29.7 Å². The summed E-state index contributed by atoms with van der Waals surface area (Å²) in [6.45, 7) is 0.318. The van der Waals surface area contributed by atoms with Crippen molar-refractivity contribution in [1.29, 1.82) is 5.26 Å². The average molecular weight is 327 g/mol. The molecule has 1 amide bonds. The Morgan fingerprint density at radius 3 is 2.30 bits per heavy atom. The number of carbonyl (C=O) groups is 2. The first kappa shape index (κ1) is 16.7. The smallest absolute Gasteiger partial charge is 0.254 e. The maximum Gasteiger partial charge on any atom is 0.254 e. The zero-order valence-corrected chi connectivity index (χ0v) is 13.4. The van der Waals surface area contributed by atoms with Crippen LogP contribution in [0.1, 0.15) is 32.7 Å². The van der Waals surface area contributed by atoms with Crippen molar-refractivity contribution in [3.63, 3.8) is 0 Å². The van der Waals surface area contributed by atoms with Gasteiger partial charge in [0.05, 0.1) is 18.1 Å². The molecular weight excluding hydrogens is 312 g/mol. The quantitative estimate of drug-likeness (QED) is 0.789. The Morgan fingerprint density at radius 1 is 1.09 bits per heavy atom. The van der Waals surface area contributed by atoms with Gasteiger partial charge in [-0.25, -0.2) is 0 Å². The van der Waals surface area contributed by atoms with Gasteiger partial charge < -0.3 is 4.90 Å². The van der Waals surface area contributed by atoms with E-state index >= 15 is 0 Å². The fraction of sp³-hybridized carbons (Fsp3) is 0.167. The van der Waals surface area contributed by atoms with Crippen LogP contribution in [0.25, 0.3) is 0 Å². The summed E-state index contributed by atoms with van der Waals surface area (Å²) in [5, 5.41) is 9.17. The lowest BCUT2D eigenvalue weighted by Crippen LogP contribution is -2.29. The standard InChI is InChI=1S/C18H15ClN2O2/c1-21(12-4-11-20)18(23)16-6-3-2-5-15(16)17(22)13-7-9-14(19)10-8-13/h2-3,5-10H,4,12H2,1H3. The molecule has 0 unspecified atom stereocenters. The number of halogens is 1. The lowest BCUT2D eigenvalue weighted by molar-refractivity contribution is 0.0793. The van der Waals surface area contributed by atoms with E-state index < -0.39 is 0 Å². The molecule has 0 atom stereocenters. The molecule has 0 saturated carbocycles. The molecule has 0 fully saturated rings. The van der Waals surface area contributed by atoms with Gasteiger partial charge in [0.15, 0.2) is 5.78 Å². The van der Waals surface area contributed by atoms with Gasteiger partial charge in [-0.05, 0) is 30.3 Å². The summed E-state index contributed by atoms with van der Waals surface area (Å²) in [6, 6.07) is 15.2. The zero-order chi connectivity index (χ0) is 16.8. The van der Waals surface area contributed by atoms with Crippen molar-refractivity contribution in [1.82, 2.24) is 4.90 Å². The fourth-order valence-corrected chi connectivity index (χ4v) is 2.28. The number of ketones is 1. The maximum absolute atomic E-state index is 12.7. The third-order valence-corrected chi connectivity index (χ3v) is 3.67. The summed E-state index contributed by atoms with van der Waals surface area (Å²) in [4.78, 5) is 26.6. The molecule has 0 saturated heterocycles. The third kappa shape index (κ3) is 3.97. The third-order valence-electron chi connectivity index (χ3n) is 3.41. The van der Waals surface area contributed by atoms with E-state index in [1.165, 1.54) is 4.90 Å². The molecule has 0 aliphatic heterocycles. The number of carbonyl (C=O) groups excluding carboxylic acids is 2. The van der Waals surface area contributed by atoms with Crippen LogP contribution < -0.4 is 0 Å². The number of amides is 1. The molecule has 0 aliphatic carbocycles.